The van der Waals surface area contributed by atoms with Gasteiger partial charge in [-0.05, 0) is 36.4 Å². The van der Waals surface area contributed by atoms with Crippen LogP contribution in [0, 0.1) is 0 Å². The molecule has 0 aliphatic rings. The van der Waals surface area contributed by atoms with Crippen molar-refractivity contribution in [3.8, 4) is 17.2 Å². The van der Waals surface area contributed by atoms with Gasteiger partial charge >= 0.3 is 11.7 Å². The standard InChI is InChI=1S/C20H19ClN2O6/c1-27-15-9-8-14-17(18(15)29-3)19(25)23(13-6-4-12(21)5-7-13)20(26)22(14)11-10-16(24)28-2/h4-9H,10-11H2,1-3H3. The van der Waals surface area contributed by atoms with Gasteiger partial charge in [0.1, 0.15) is 5.39 Å². The van der Waals surface area contributed by atoms with E-state index in [0.717, 1.165) is 4.57 Å². The van der Waals surface area contributed by atoms with Crippen LogP contribution in [0.2, 0.25) is 5.02 Å². The Morgan fingerprint density at radius 1 is 1.00 bits per heavy atom. The van der Waals surface area contributed by atoms with Gasteiger partial charge in [-0.25, -0.2) is 9.36 Å². The Bertz CT molecular complexity index is 1180. The number of rotatable bonds is 6. The Hall–Kier alpha value is -3.26. The third-order valence-corrected chi connectivity index (χ3v) is 4.76. The summed E-state index contributed by atoms with van der Waals surface area (Å²) in [5, 5.41) is 0.624. The fourth-order valence-corrected chi connectivity index (χ4v) is 3.24. The third-order valence-electron chi connectivity index (χ3n) is 4.51. The Labute approximate surface area is 170 Å². The largest absolute Gasteiger partial charge is 0.493 e. The lowest BCUT2D eigenvalue weighted by atomic mass is 10.2. The topological polar surface area (TPSA) is 88.8 Å². The summed E-state index contributed by atoms with van der Waals surface area (Å²) in [4.78, 5) is 38.2. The maximum Gasteiger partial charge on any atom is 0.336 e. The highest BCUT2D eigenvalue weighted by Gasteiger charge is 2.21. The molecule has 9 heteroatoms. The molecule has 0 saturated heterocycles. The van der Waals surface area contributed by atoms with Gasteiger partial charge in [-0.2, -0.15) is 0 Å². The van der Waals surface area contributed by atoms with Gasteiger partial charge in [0.25, 0.3) is 5.56 Å². The Morgan fingerprint density at radius 2 is 1.69 bits per heavy atom. The number of halogens is 1. The van der Waals surface area contributed by atoms with E-state index >= 15 is 0 Å². The molecule has 0 amide bonds. The molecule has 0 N–H and O–H groups in total. The smallest absolute Gasteiger partial charge is 0.336 e. The van der Waals surface area contributed by atoms with E-state index in [2.05, 4.69) is 4.74 Å². The molecule has 1 aromatic heterocycles. The Balaban J connectivity index is 2.41. The monoisotopic (exact) mass is 418 g/mol. The number of aryl methyl sites for hydroxylation is 1. The van der Waals surface area contributed by atoms with Crippen LogP contribution in [-0.2, 0) is 16.1 Å². The lowest BCUT2D eigenvalue weighted by Gasteiger charge is -2.17. The number of carbonyl (C=O) groups excluding carboxylic acids is 1. The predicted molar refractivity (Wildman–Crippen MR) is 109 cm³/mol. The van der Waals surface area contributed by atoms with Gasteiger partial charge in [-0.3, -0.25) is 14.2 Å². The molecular formula is C20H19ClN2O6. The van der Waals surface area contributed by atoms with Crippen molar-refractivity contribution in [2.24, 2.45) is 0 Å². The summed E-state index contributed by atoms with van der Waals surface area (Å²) in [7, 11) is 4.13. The van der Waals surface area contributed by atoms with Crippen LogP contribution < -0.4 is 20.7 Å². The zero-order valence-corrected chi connectivity index (χ0v) is 16.9. The van der Waals surface area contributed by atoms with Crippen molar-refractivity contribution in [3.05, 3.63) is 62.3 Å². The zero-order chi connectivity index (χ0) is 21.1. The average Bonchev–Trinajstić information content (AvgIpc) is 2.73. The van der Waals surface area contributed by atoms with E-state index in [4.69, 9.17) is 21.1 Å². The lowest BCUT2D eigenvalue weighted by molar-refractivity contribution is -0.140. The first kappa shape index (κ1) is 20.5. The van der Waals surface area contributed by atoms with Crippen LogP contribution in [0.25, 0.3) is 16.6 Å². The average molecular weight is 419 g/mol. The molecule has 0 radical (unpaired) electrons. The minimum atomic E-state index is -0.596. The highest BCUT2D eigenvalue weighted by atomic mass is 35.5. The van der Waals surface area contributed by atoms with Gasteiger partial charge in [0.2, 0.25) is 0 Å². The maximum absolute atomic E-state index is 13.3. The minimum absolute atomic E-state index is 0.0192. The molecule has 0 bridgehead atoms. The summed E-state index contributed by atoms with van der Waals surface area (Å²) >= 11 is 5.93. The first-order valence-corrected chi connectivity index (χ1v) is 9.04. The van der Waals surface area contributed by atoms with Gasteiger partial charge in [-0.1, -0.05) is 11.6 Å². The number of esters is 1. The van der Waals surface area contributed by atoms with Gasteiger partial charge in [0.15, 0.2) is 11.5 Å². The maximum atomic E-state index is 13.3. The van der Waals surface area contributed by atoms with Crippen molar-refractivity contribution >= 4 is 28.5 Å². The van der Waals surface area contributed by atoms with Gasteiger partial charge in [-0.15, -0.1) is 0 Å². The Morgan fingerprint density at radius 3 is 2.28 bits per heavy atom. The first-order chi connectivity index (χ1) is 13.9. The molecule has 0 fully saturated rings. The number of nitrogens with zero attached hydrogens (tertiary/aromatic N) is 2. The molecule has 29 heavy (non-hydrogen) atoms. The number of fused-ring (bicyclic) bond motifs is 1. The van der Waals surface area contributed by atoms with E-state index in [-0.39, 0.29) is 24.1 Å². The summed E-state index contributed by atoms with van der Waals surface area (Å²) in [6.07, 6.45) is -0.0430. The van der Waals surface area contributed by atoms with Crippen LogP contribution in [0.1, 0.15) is 6.42 Å². The third kappa shape index (κ3) is 3.71. The molecular weight excluding hydrogens is 400 g/mol. The molecule has 0 unspecified atom stereocenters. The van der Waals surface area contributed by atoms with Crippen LogP contribution in [0.3, 0.4) is 0 Å². The van der Waals surface area contributed by atoms with Crippen molar-refractivity contribution in [1.29, 1.82) is 0 Å². The van der Waals surface area contributed by atoms with Crippen molar-refractivity contribution < 1.29 is 19.0 Å². The van der Waals surface area contributed by atoms with Gasteiger partial charge in [0.05, 0.1) is 39.0 Å². The van der Waals surface area contributed by atoms with Crippen LogP contribution >= 0.6 is 11.6 Å². The number of methoxy groups -OCH3 is 3. The summed E-state index contributed by atoms with van der Waals surface area (Å²) in [6.45, 7) is 0.0192. The molecule has 2 aromatic carbocycles. The highest BCUT2D eigenvalue weighted by molar-refractivity contribution is 6.30. The van der Waals surface area contributed by atoms with E-state index < -0.39 is 17.2 Å². The second-order valence-corrected chi connectivity index (χ2v) is 6.51. The summed E-state index contributed by atoms with van der Waals surface area (Å²) < 4.78 is 17.7. The quantitative estimate of drug-likeness (QED) is 0.571. The van der Waals surface area contributed by atoms with Crippen molar-refractivity contribution in [1.82, 2.24) is 9.13 Å². The second-order valence-electron chi connectivity index (χ2n) is 6.07. The van der Waals surface area contributed by atoms with Crippen molar-refractivity contribution in [2.45, 2.75) is 13.0 Å². The van der Waals surface area contributed by atoms with E-state index in [1.807, 2.05) is 0 Å². The number of hydrogen-bond donors (Lipinski definition) is 0. The normalized spacial score (nSPS) is 10.8. The van der Waals surface area contributed by atoms with Crippen molar-refractivity contribution in [3.63, 3.8) is 0 Å². The number of ether oxygens (including phenoxy) is 3. The molecule has 0 atom stereocenters. The summed E-state index contributed by atoms with van der Waals surface area (Å²) in [5.74, 6) is 0.0669. The fraction of sp³-hybridized carbons (Fsp3) is 0.250. The molecule has 3 rings (SSSR count). The molecule has 0 spiro atoms. The molecule has 3 aromatic rings. The number of hydrogen-bond acceptors (Lipinski definition) is 6. The van der Waals surface area contributed by atoms with Crippen molar-refractivity contribution in [2.75, 3.05) is 21.3 Å². The zero-order valence-electron chi connectivity index (χ0n) is 16.1. The first-order valence-electron chi connectivity index (χ1n) is 8.66. The van der Waals surface area contributed by atoms with E-state index in [9.17, 15) is 14.4 Å². The molecule has 0 saturated carbocycles. The molecule has 0 aliphatic carbocycles. The van der Waals surface area contributed by atoms with Gasteiger partial charge in [0, 0.05) is 11.6 Å². The molecule has 8 nitrogen and oxygen atoms in total. The van der Waals surface area contributed by atoms with Crippen LogP contribution in [0.15, 0.2) is 46.0 Å². The Kier molecular flexibility index (Phi) is 5.93. The molecule has 152 valence electrons. The number of benzene rings is 2. The molecule has 0 aliphatic heterocycles. The van der Waals surface area contributed by atoms with Crippen LogP contribution in [0.4, 0.5) is 0 Å². The lowest BCUT2D eigenvalue weighted by Crippen LogP contribution is -2.39. The van der Waals surface area contributed by atoms with E-state index in [1.165, 1.54) is 25.9 Å². The highest BCUT2D eigenvalue weighted by Crippen LogP contribution is 2.33. The SMILES string of the molecule is COC(=O)CCn1c(=O)n(-c2ccc(Cl)cc2)c(=O)c2c(OC)c(OC)ccc21. The van der Waals surface area contributed by atoms with E-state index in [1.54, 1.807) is 36.4 Å². The van der Waals surface area contributed by atoms with E-state index in [0.29, 0.717) is 22.0 Å². The second kappa shape index (κ2) is 8.40. The van der Waals surface area contributed by atoms with Crippen LogP contribution in [-0.4, -0.2) is 36.4 Å². The minimum Gasteiger partial charge on any atom is -0.493 e. The summed E-state index contributed by atoms with van der Waals surface area (Å²) in [6, 6.07) is 9.47. The predicted octanol–water partition coefficient (Wildman–Crippen LogP) is 2.39. The molecule has 1 heterocycles. The number of carbonyl (C=O) groups is 1. The summed E-state index contributed by atoms with van der Waals surface area (Å²) in [5.41, 5.74) is -0.506. The van der Waals surface area contributed by atoms with Gasteiger partial charge < -0.3 is 14.2 Å². The van der Waals surface area contributed by atoms with Crippen LogP contribution in [0.5, 0.6) is 11.5 Å². The number of aromatic nitrogens is 2. The fourth-order valence-electron chi connectivity index (χ4n) is 3.11.